The number of rotatable bonds is 7. The molecule has 2 fully saturated rings. The van der Waals surface area contributed by atoms with E-state index in [0.717, 1.165) is 45.1 Å². The molecule has 118 valence electrons. The Morgan fingerprint density at radius 1 is 1.10 bits per heavy atom. The van der Waals surface area contributed by atoms with Crippen LogP contribution in [-0.4, -0.2) is 50.4 Å². The van der Waals surface area contributed by atoms with Crippen LogP contribution in [0.3, 0.4) is 0 Å². The fourth-order valence-corrected chi connectivity index (χ4v) is 3.21. The summed E-state index contributed by atoms with van der Waals surface area (Å²) in [5, 5.41) is 0. The Kier molecular flexibility index (Phi) is 6.22. The monoisotopic (exact) mass is 308 g/mol. The van der Waals surface area contributed by atoms with E-state index in [9.17, 15) is 8.42 Å². The SMILES string of the molecule is O=S(=O)(O)CCCOC1CCCC1OC1CCCCO1. The fraction of sp³-hybridized carbons (Fsp3) is 1.00. The molecule has 1 saturated heterocycles. The van der Waals surface area contributed by atoms with E-state index >= 15 is 0 Å². The highest BCUT2D eigenvalue weighted by Gasteiger charge is 2.31. The third kappa shape index (κ3) is 5.65. The second kappa shape index (κ2) is 7.70. The molecular formula is C13H24O6S. The van der Waals surface area contributed by atoms with Gasteiger partial charge in [-0.05, 0) is 44.9 Å². The van der Waals surface area contributed by atoms with E-state index in [2.05, 4.69) is 0 Å². The Morgan fingerprint density at radius 3 is 2.60 bits per heavy atom. The molecule has 6 nitrogen and oxygen atoms in total. The lowest BCUT2D eigenvalue weighted by atomic mass is 10.2. The van der Waals surface area contributed by atoms with Crippen LogP contribution in [0.5, 0.6) is 0 Å². The summed E-state index contributed by atoms with van der Waals surface area (Å²) < 4.78 is 47.1. The van der Waals surface area contributed by atoms with Crippen molar-refractivity contribution in [1.29, 1.82) is 0 Å². The average molecular weight is 308 g/mol. The van der Waals surface area contributed by atoms with Crippen molar-refractivity contribution >= 4 is 10.1 Å². The maximum absolute atomic E-state index is 10.6. The Morgan fingerprint density at radius 2 is 1.90 bits per heavy atom. The molecule has 1 aliphatic carbocycles. The first-order chi connectivity index (χ1) is 9.54. The molecule has 20 heavy (non-hydrogen) atoms. The van der Waals surface area contributed by atoms with Gasteiger partial charge in [0.1, 0.15) is 0 Å². The Balaban J connectivity index is 1.67. The van der Waals surface area contributed by atoms with E-state index < -0.39 is 10.1 Å². The van der Waals surface area contributed by atoms with Gasteiger partial charge >= 0.3 is 0 Å². The smallest absolute Gasteiger partial charge is 0.264 e. The molecular weight excluding hydrogens is 284 g/mol. The predicted molar refractivity (Wildman–Crippen MR) is 73.1 cm³/mol. The number of hydrogen-bond donors (Lipinski definition) is 1. The van der Waals surface area contributed by atoms with E-state index in [4.69, 9.17) is 18.8 Å². The van der Waals surface area contributed by atoms with Crippen LogP contribution in [0.1, 0.15) is 44.9 Å². The largest absolute Gasteiger partial charge is 0.375 e. The normalized spacial score (nSPS) is 31.6. The van der Waals surface area contributed by atoms with Gasteiger partial charge in [-0.3, -0.25) is 4.55 Å². The average Bonchev–Trinajstić information content (AvgIpc) is 2.82. The first kappa shape index (κ1) is 16.2. The summed E-state index contributed by atoms with van der Waals surface area (Å²) in [6.07, 6.45) is 6.37. The van der Waals surface area contributed by atoms with Crippen LogP contribution in [0.15, 0.2) is 0 Å². The molecule has 0 aromatic heterocycles. The van der Waals surface area contributed by atoms with Crippen molar-refractivity contribution in [3.8, 4) is 0 Å². The van der Waals surface area contributed by atoms with Crippen molar-refractivity contribution in [2.45, 2.75) is 63.4 Å². The van der Waals surface area contributed by atoms with Crippen LogP contribution in [0.2, 0.25) is 0 Å². The van der Waals surface area contributed by atoms with Gasteiger partial charge in [-0.15, -0.1) is 0 Å². The first-order valence-electron chi connectivity index (χ1n) is 7.38. The maximum atomic E-state index is 10.6. The third-order valence-electron chi connectivity index (χ3n) is 3.73. The van der Waals surface area contributed by atoms with Crippen molar-refractivity contribution in [2.75, 3.05) is 19.0 Å². The molecule has 1 heterocycles. The fourth-order valence-electron chi connectivity index (χ4n) is 2.73. The number of ether oxygens (including phenoxy) is 3. The topological polar surface area (TPSA) is 82.1 Å². The van der Waals surface area contributed by atoms with E-state index in [-0.39, 0.29) is 24.3 Å². The molecule has 1 saturated carbocycles. The van der Waals surface area contributed by atoms with Crippen LogP contribution in [0.25, 0.3) is 0 Å². The minimum atomic E-state index is -3.89. The van der Waals surface area contributed by atoms with Crippen molar-refractivity contribution in [3.05, 3.63) is 0 Å². The molecule has 0 amide bonds. The lowest BCUT2D eigenvalue weighted by Crippen LogP contribution is -2.33. The summed E-state index contributed by atoms with van der Waals surface area (Å²) >= 11 is 0. The van der Waals surface area contributed by atoms with Gasteiger partial charge in [-0.2, -0.15) is 8.42 Å². The highest BCUT2D eigenvalue weighted by molar-refractivity contribution is 7.85. The Bertz CT molecular complexity index is 376. The molecule has 2 aliphatic rings. The summed E-state index contributed by atoms with van der Waals surface area (Å²) in [7, 11) is -3.89. The summed E-state index contributed by atoms with van der Waals surface area (Å²) in [6, 6.07) is 0. The zero-order valence-corrected chi connectivity index (χ0v) is 12.5. The van der Waals surface area contributed by atoms with Gasteiger partial charge in [0.25, 0.3) is 10.1 Å². The summed E-state index contributed by atoms with van der Waals surface area (Å²) in [6.45, 7) is 1.09. The standard InChI is InChI=1S/C13H24O6S/c14-20(15,16)10-4-9-17-11-5-3-6-12(11)19-13-7-1-2-8-18-13/h11-13H,1-10H2,(H,14,15,16). The summed E-state index contributed by atoms with van der Waals surface area (Å²) in [5.74, 6) is -0.253. The van der Waals surface area contributed by atoms with Gasteiger partial charge in [0.2, 0.25) is 0 Å². The van der Waals surface area contributed by atoms with Gasteiger partial charge in [-0.1, -0.05) is 0 Å². The Hall–Kier alpha value is -0.210. The molecule has 0 bridgehead atoms. The number of hydrogen-bond acceptors (Lipinski definition) is 5. The van der Waals surface area contributed by atoms with Crippen molar-refractivity contribution in [1.82, 2.24) is 0 Å². The summed E-state index contributed by atoms with van der Waals surface area (Å²) in [5.41, 5.74) is 0. The zero-order valence-electron chi connectivity index (χ0n) is 11.7. The van der Waals surface area contributed by atoms with E-state index in [0.29, 0.717) is 13.0 Å². The molecule has 1 N–H and O–H groups in total. The molecule has 0 radical (unpaired) electrons. The lowest BCUT2D eigenvalue weighted by Gasteiger charge is -2.28. The van der Waals surface area contributed by atoms with Gasteiger partial charge in [0, 0.05) is 13.2 Å². The van der Waals surface area contributed by atoms with Gasteiger partial charge in [0.15, 0.2) is 6.29 Å². The second-order valence-corrected chi connectivity index (χ2v) is 7.02. The Labute approximate surface area is 120 Å². The maximum Gasteiger partial charge on any atom is 0.264 e. The van der Waals surface area contributed by atoms with Crippen LogP contribution in [0, 0.1) is 0 Å². The van der Waals surface area contributed by atoms with Gasteiger partial charge in [-0.25, -0.2) is 0 Å². The minimum absolute atomic E-state index is 0.0157. The third-order valence-corrected chi connectivity index (χ3v) is 4.54. The molecule has 3 unspecified atom stereocenters. The second-order valence-electron chi connectivity index (χ2n) is 5.45. The first-order valence-corrected chi connectivity index (χ1v) is 8.99. The lowest BCUT2D eigenvalue weighted by molar-refractivity contribution is -0.206. The van der Waals surface area contributed by atoms with E-state index in [1.165, 1.54) is 0 Å². The van der Waals surface area contributed by atoms with Crippen molar-refractivity contribution < 1.29 is 27.2 Å². The molecule has 2 rings (SSSR count). The highest BCUT2D eigenvalue weighted by Crippen LogP contribution is 2.28. The van der Waals surface area contributed by atoms with Gasteiger partial charge in [0.05, 0.1) is 18.0 Å². The molecule has 0 aromatic rings. The van der Waals surface area contributed by atoms with Crippen molar-refractivity contribution in [3.63, 3.8) is 0 Å². The zero-order chi connectivity index (χ0) is 14.4. The highest BCUT2D eigenvalue weighted by atomic mass is 32.2. The van der Waals surface area contributed by atoms with Crippen LogP contribution in [-0.2, 0) is 24.3 Å². The van der Waals surface area contributed by atoms with Crippen LogP contribution < -0.4 is 0 Å². The molecule has 0 spiro atoms. The molecule has 0 aromatic carbocycles. The molecule has 3 atom stereocenters. The van der Waals surface area contributed by atoms with Crippen LogP contribution >= 0.6 is 0 Å². The van der Waals surface area contributed by atoms with E-state index in [1.54, 1.807) is 0 Å². The molecule has 1 aliphatic heterocycles. The van der Waals surface area contributed by atoms with Crippen LogP contribution in [0.4, 0.5) is 0 Å². The molecule has 7 heteroatoms. The van der Waals surface area contributed by atoms with Gasteiger partial charge < -0.3 is 14.2 Å². The summed E-state index contributed by atoms with van der Waals surface area (Å²) in [4.78, 5) is 0. The quantitative estimate of drug-likeness (QED) is 0.570. The predicted octanol–water partition coefficient (Wildman–Crippen LogP) is 1.75. The van der Waals surface area contributed by atoms with E-state index in [1.807, 2.05) is 0 Å². The van der Waals surface area contributed by atoms with Crippen molar-refractivity contribution in [2.24, 2.45) is 0 Å². The minimum Gasteiger partial charge on any atom is -0.375 e.